The highest BCUT2D eigenvalue weighted by molar-refractivity contribution is 4.87. The van der Waals surface area contributed by atoms with Crippen LogP contribution in [0.4, 0.5) is 0 Å². The lowest BCUT2D eigenvalue weighted by Gasteiger charge is -2.42. The van der Waals surface area contributed by atoms with Crippen molar-refractivity contribution in [3.05, 3.63) is 0 Å². The minimum Gasteiger partial charge on any atom is -0.396 e. The minimum atomic E-state index is 0.343. The maximum absolute atomic E-state index is 9.18. The fourth-order valence-corrected chi connectivity index (χ4v) is 1.99. The van der Waals surface area contributed by atoms with Gasteiger partial charge < -0.3 is 5.11 Å². The van der Waals surface area contributed by atoms with E-state index in [-0.39, 0.29) is 0 Å². The van der Waals surface area contributed by atoms with Gasteiger partial charge in [-0.1, -0.05) is 26.7 Å². The number of aliphatic hydroxyl groups excluding tert-OH is 1. The first kappa shape index (κ1) is 9.05. The van der Waals surface area contributed by atoms with Crippen LogP contribution in [-0.2, 0) is 0 Å². The average molecular weight is 156 g/mol. The van der Waals surface area contributed by atoms with Gasteiger partial charge >= 0.3 is 0 Å². The zero-order chi connectivity index (χ0) is 8.32. The van der Waals surface area contributed by atoms with Gasteiger partial charge in [-0.3, -0.25) is 0 Å². The Balaban J connectivity index is 2.32. The van der Waals surface area contributed by atoms with Gasteiger partial charge in [-0.2, -0.15) is 0 Å². The molecule has 1 fully saturated rings. The van der Waals surface area contributed by atoms with Gasteiger partial charge in [0.05, 0.1) is 0 Å². The summed E-state index contributed by atoms with van der Waals surface area (Å²) in [6.45, 7) is 4.93. The van der Waals surface area contributed by atoms with E-state index in [4.69, 9.17) is 0 Å². The molecule has 1 unspecified atom stereocenters. The van der Waals surface area contributed by atoms with Crippen molar-refractivity contribution < 1.29 is 5.11 Å². The Labute approximate surface area is 69.8 Å². The van der Waals surface area contributed by atoms with E-state index in [0.717, 1.165) is 5.92 Å². The topological polar surface area (TPSA) is 20.2 Å². The Kier molecular flexibility index (Phi) is 2.94. The second kappa shape index (κ2) is 3.57. The second-order valence-electron chi connectivity index (χ2n) is 4.23. The highest BCUT2D eigenvalue weighted by Crippen LogP contribution is 2.45. The first-order chi connectivity index (χ1) is 5.22. The molecular weight excluding hydrogens is 136 g/mol. The van der Waals surface area contributed by atoms with Crippen LogP contribution in [0.3, 0.4) is 0 Å². The first-order valence-corrected chi connectivity index (χ1v) is 4.83. The van der Waals surface area contributed by atoms with E-state index in [1.54, 1.807) is 0 Å². The van der Waals surface area contributed by atoms with Crippen LogP contribution in [0.1, 0.15) is 46.0 Å². The molecule has 0 aliphatic heterocycles. The van der Waals surface area contributed by atoms with Gasteiger partial charge in [0.25, 0.3) is 0 Å². The van der Waals surface area contributed by atoms with Crippen LogP contribution in [0.2, 0.25) is 0 Å². The molecule has 1 N–H and O–H groups in total. The third-order valence-electron chi connectivity index (χ3n) is 3.23. The van der Waals surface area contributed by atoms with Crippen molar-refractivity contribution in [3.8, 4) is 0 Å². The molecule has 66 valence electrons. The number of hydrogen-bond acceptors (Lipinski definition) is 1. The maximum atomic E-state index is 9.18. The fourth-order valence-electron chi connectivity index (χ4n) is 1.99. The van der Waals surface area contributed by atoms with Gasteiger partial charge in [-0.15, -0.1) is 0 Å². The van der Waals surface area contributed by atoms with Gasteiger partial charge in [0.1, 0.15) is 0 Å². The zero-order valence-corrected chi connectivity index (χ0v) is 7.77. The molecule has 0 aromatic carbocycles. The van der Waals surface area contributed by atoms with Crippen molar-refractivity contribution in [2.24, 2.45) is 11.3 Å². The highest BCUT2D eigenvalue weighted by Gasteiger charge is 2.36. The smallest absolute Gasteiger partial charge is 0.0487 e. The van der Waals surface area contributed by atoms with Crippen molar-refractivity contribution in [1.29, 1.82) is 0 Å². The Morgan fingerprint density at radius 3 is 2.36 bits per heavy atom. The summed E-state index contributed by atoms with van der Waals surface area (Å²) >= 11 is 0. The van der Waals surface area contributed by atoms with Crippen LogP contribution >= 0.6 is 0 Å². The summed E-state index contributed by atoms with van der Waals surface area (Å²) in [6, 6.07) is 0. The fraction of sp³-hybridized carbons (Fsp3) is 1.00. The van der Waals surface area contributed by atoms with Gasteiger partial charge in [-0.25, -0.2) is 0 Å². The predicted molar refractivity (Wildman–Crippen MR) is 47.4 cm³/mol. The third-order valence-corrected chi connectivity index (χ3v) is 3.23. The van der Waals surface area contributed by atoms with Gasteiger partial charge in [0, 0.05) is 6.61 Å². The van der Waals surface area contributed by atoms with Crippen LogP contribution < -0.4 is 0 Å². The molecule has 1 aliphatic carbocycles. The molecule has 1 saturated carbocycles. The lowest BCUT2D eigenvalue weighted by Crippen LogP contribution is -2.34. The molecule has 0 heterocycles. The molecule has 0 bridgehead atoms. The van der Waals surface area contributed by atoms with Crippen molar-refractivity contribution >= 4 is 0 Å². The van der Waals surface area contributed by atoms with Gasteiger partial charge in [-0.05, 0) is 30.6 Å². The molecule has 11 heavy (non-hydrogen) atoms. The molecule has 0 amide bonds. The molecular formula is C10H20O. The molecule has 1 nitrogen and oxygen atoms in total. The first-order valence-electron chi connectivity index (χ1n) is 4.83. The minimum absolute atomic E-state index is 0.343. The average Bonchev–Trinajstić information content (AvgIpc) is 1.96. The van der Waals surface area contributed by atoms with Crippen molar-refractivity contribution in [3.63, 3.8) is 0 Å². The van der Waals surface area contributed by atoms with E-state index in [1.165, 1.54) is 32.1 Å². The van der Waals surface area contributed by atoms with Crippen LogP contribution in [0.15, 0.2) is 0 Å². The van der Waals surface area contributed by atoms with E-state index in [9.17, 15) is 5.11 Å². The van der Waals surface area contributed by atoms with Crippen molar-refractivity contribution in [1.82, 2.24) is 0 Å². The summed E-state index contributed by atoms with van der Waals surface area (Å²) in [6.07, 6.45) is 6.33. The maximum Gasteiger partial charge on any atom is 0.0487 e. The van der Waals surface area contributed by atoms with Gasteiger partial charge in [0.15, 0.2) is 0 Å². The van der Waals surface area contributed by atoms with E-state index in [1.807, 2.05) is 0 Å². The predicted octanol–water partition coefficient (Wildman–Crippen LogP) is 2.59. The van der Waals surface area contributed by atoms with E-state index in [0.29, 0.717) is 12.0 Å². The molecule has 1 atom stereocenters. The monoisotopic (exact) mass is 156 g/mol. The van der Waals surface area contributed by atoms with E-state index < -0.39 is 0 Å². The van der Waals surface area contributed by atoms with E-state index >= 15 is 0 Å². The van der Waals surface area contributed by atoms with Crippen molar-refractivity contribution in [2.75, 3.05) is 6.61 Å². The summed E-state index contributed by atoms with van der Waals surface area (Å²) in [5.41, 5.74) is 0.343. The van der Waals surface area contributed by atoms with Crippen LogP contribution in [0.5, 0.6) is 0 Å². The quantitative estimate of drug-likeness (QED) is 0.663. The largest absolute Gasteiger partial charge is 0.396 e. The normalized spacial score (nSPS) is 24.3. The molecule has 0 spiro atoms. The van der Waals surface area contributed by atoms with Crippen LogP contribution in [0.25, 0.3) is 0 Å². The van der Waals surface area contributed by atoms with Crippen LogP contribution in [-0.4, -0.2) is 11.7 Å². The Morgan fingerprint density at radius 1 is 1.45 bits per heavy atom. The number of rotatable bonds is 4. The molecule has 0 aromatic rings. The third kappa shape index (κ3) is 1.96. The summed E-state index contributed by atoms with van der Waals surface area (Å²) in [5, 5.41) is 9.18. The summed E-state index contributed by atoms with van der Waals surface area (Å²) in [7, 11) is 0. The number of aliphatic hydroxyl groups is 1. The summed E-state index contributed by atoms with van der Waals surface area (Å²) < 4.78 is 0. The Bertz CT molecular complexity index is 111. The lowest BCUT2D eigenvalue weighted by atomic mass is 9.65. The van der Waals surface area contributed by atoms with E-state index in [2.05, 4.69) is 13.8 Å². The lowest BCUT2D eigenvalue weighted by molar-refractivity contribution is 0.0218. The van der Waals surface area contributed by atoms with Crippen LogP contribution in [0, 0.1) is 11.3 Å². The molecule has 0 radical (unpaired) electrons. The second-order valence-corrected chi connectivity index (χ2v) is 4.23. The van der Waals surface area contributed by atoms with Gasteiger partial charge in [0.2, 0.25) is 0 Å². The zero-order valence-electron chi connectivity index (χ0n) is 7.77. The Hall–Kier alpha value is -0.0400. The molecule has 1 aliphatic rings. The summed E-state index contributed by atoms with van der Waals surface area (Å²) in [4.78, 5) is 0. The number of hydrogen-bond donors (Lipinski definition) is 1. The molecule has 1 rings (SSSR count). The SMILES string of the molecule is CCC(C)CC1(CO)CCC1. The standard InChI is InChI=1S/C10H20O/c1-3-9(2)7-10(8-11)5-4-6-10/h9,11H,3-8H2,1-2H3. The Morgan fingerprint density at radius 2 is 2.09 bits per heavy atom. The summed E-state index contributed by atoms with van der Waals surface area (Å²) in [5.74, 6) is 0.794. The molecule has 1 heteroatoms. The highest BCUT2D eigenvalue weighted by atomic mass is 16.3. The molecule has 0 saturated heterocycles. The van der Waals surface area contributed by atoms with Crippen molar-refractivity contribution in [2.45, 2.75) is 46.0 Å². The molecule has 0 aromatic heterocycles.